The van der Waals surface area contributed by atoms with Gasteiger partial charge < -0.3 is 10.3 Å². The van der Waals surface area contributed by atoms with Gasteiger partial charge in [0, 0.05) is 11.6 Å². The van der Waals surface area contributed by atoms with Gasteiger partial charge in [-0.2, -0.15) is 0 Å². The van der Waals surface area contributed by atoms with E-state index in [1.807, 2.05) is 49.4 Å². The van der Waals surface area contributed by atoms with Gasteiger partial charge >= 0.3 is 0 Å². The average Bonchev–Trinajstić information content (AvgIpc) is 2.94. The van der Waals surface area contributed by atoms with Gasteiger partial charge in [-0.3, -0.25) is 4.79 Å². The number of amides is 1. The molecule has 1 aromatic heterocycles. The summed E-state index contributed by atoms with van der Waals surface area (Å²) in [4.78, 5) is 19.8. The number of fused-ring (bicyclic) bond motifs is 1. The summed E-state index contributed by atoms with van der Waals surface area (Å²) in [5.74, 6) is -0.0164. The van der Waals surface area contributed by atoms with Crippen molar-refractivity contribution in [2.45, 2.75) is 23.9 Å². The van der Waals surface area contributed by atoms with E-state index in [2.05, 4.69) is 15.3 Å². The van der Waals surface area contributed by atoms with Gasteiger partial charge in [0.15, 0.2) is 5.16 Å². The van der Waals surface area contributed by atoms with E-state index < -0.39 is 0 Å². The summed E-state index contributed by atoms with van der Waals surface area (Å²) in [5.41, 5.74) is 2.79. The molecule has 2 aromatic carbocycles. The predicted molar refractivity (Wildman–Crippen MR) is 94.7 cm³/mol. The van der Waals surface area contributed by atoms with Crippen molar-refractivity contribution in [3.8, 4) is 0 Å². The molecule has 0 bridgehead atoms. The SMILES string of the molecule is CC(Sc1nc2ccc(Cl)cc2[nH]1)C(=O)NCc1ccccc1. The Bertz CT molecular complexity index is 819. The van der Waals surface area contributed by atoms with Crippen LogP contribution in [-0.2, 0) is 11.3 Å². The number of H-pyrrole nitrogens is 1. The maximum Gasteiger partial charge on any atom is 0.233 e. The van der Waals surface area contributed by atoms with Gasteiger partial charge in [0.2, 0.25) is 5.91 Å². The van der Waals surface area contributed by atoms with Crippen LogP contribution in [-0.4, -0.2) is 21.1 Å². The van der Waals surface area contributed by atoms with Crippen LogP contribution in [0.2, 0.25) is 5.02 Å². The summed E-state index contributed by atoms with van der Waals surface area (Å²) in [6, 6.07) is 15.3. The van der Waals surface area contributed by atoms with Crippen molar-refractivity contribution in [3.63, 3.8) is 0 Å². The summed E-state index contributed by atoms with van der Waals surface area (Å²) in [6.45, 7) is 2.39. The van der Waals surface area contributed by atoms with Gasteiger partial charge in [-0.25, -0.2) is 4.98 Å². The molecule has 0 saturated carbocycles. The number of hydrogen-bond donors (Lipinski definition) is 2. The van der Waals surface area contributed by atoms with Gasteiger partial charge in [0.1, 0.15) is 0 Å². The largest absolute Gasteiger partial charge is 0.351 e. The maximum absolute atomic E-state index is 12.2. The molecule has 23 heavy (non-hydrogen) atoms. The van der Waals surface area contributed by atoms with Crippen molar-refractivity contribution in [1.82, 2.24) is 15.3 Å². The highest BCUT2D eigenvalue weighted by atomic mass is 35.5. The molecule has 0 spiro atoms. The Kier molecular flexibility index (Phi) is 4.88. The van der Waals surface area contributed by atoms with Crippen LogP contribution in [0.15, 0.2) is 53.7 Å². The third kappa shape index (κ3) is 4.06. The highest BCUT2D eigenvalue weighted by molar-refractivity contribution is 8.00. The topological polar surface area (TPSA) is 57.8 Å². The molecule has 3 aromatic rings. The molecule has 3 rings (SSSR count). The molecule has 118 valence electrons. The molecule has 0 aliphatic carbocycles. The van der Waals surface area contributed by atoms with Crippen LogP contribution in [0.25, 0.3) is 11.0 Å². The second-order valence-corrected chi connectivity index (χ2v) is 6.93. The molecule has 1 heterocycles. The zero-order valence-electron chi connectivity index (χ0n) is 12.5. The molecule has 1 unspecified atom stereocenters. The Morgan fingerprint density at radius 2 is 2.09 bits per heavy atom. The fourth-order valence-electron chi connectivity index (χ4n) is 2.16. The normalized spacial score (nSPS) is 12.3. The van der Waals surface area contributed by atoms with Crippen molar-refractivity contribution >= 4 is 40.3 Å². The number of hydrogen-bond acceptors (Lipinski definition) is 3. The Labute approximate surface area is 143 Å². The monoisotopic (exact) mass is 345 g/mol. The molecule has 1 amide bonds. The average molecular weight is 346 g/mol. The molecule has 0 aliphatic heterocycles. The number of aromatic amines is 1. The number of nitrogens with zero attached hydrogens (tertiary/aromatic N) is 1. The quantitative estimate of drug-likeness (QED) is 0.687. The summed E-state index contributed by atoms with van der Waals surface area (Å²) < 4.78 is 0. The lowest BCUT2D eigenvalue weighted by Crippen LogP contribution is -2.30. The summed E-state index contributed by atoms with van der Waals surface area (Å²) in [7, 11) is 0. The molecule has 6 heteroatoms. The first-order valence-corrected chi connectivity index (χ1v) is 8.51. The number of carbonyl (C=O) groups excluding carboxylic acids is 1. The lowest BCUT2D eigenvalue weighted by atomic mass is 10.2. The van der Waals surface area contributed by atoms with Crippen molar-refractivity contribution in [3.05, 3.63) is 59.1 Å². The first-order valence-electron chi connectivity index (χ1n) is 7.25. The fraction of sp³-hybridized carbons (Fsp3) is 0.176. The standard InChI is InChI=1S/C17H16ClN3OS/c1-11(16(22)19-10-12-5-3-2-4-6-12)23-17-20-14-8-7-13(18)9-15(14)21-17/h2-9,11H,10H2,1H3,(H,19,22)(H,20,21). The molecule has 2 N–H and O–H groups in total. The minimum Gasteiger partial charge on any atom is -0.351 e. The fourth-order valence-corrected chi connectivity index (χ4v) is 3.18. The van der Waals surface area contributed by atoms with Crippen LogP contribution >= 0.6 is 23.4 Å². The minimum atomic E-state index is -0.241. The number of carbonyl (C=O) groups is 1. The third-order valence-corrected chi connectivity index (χ3v) is 4.61. The minimum absolute atomic E-state index is 0.0164. The molecule has 4 nitrogen and oxygen atoms in total. The van der Waals surface area contributed by atoms with Crippen molar-refractivity contribution in [2.75, 3.05) is 0 Å². The summed E-state index contributed by atoms with van der Waals surface area (Å²) in [5, 5.41) is 4.07. The van der Waals surface area contributed by atoms with E-state index in [1.165, 1.54) is 11.8 Å². The summed E-state index contributed by atoms with van der Waals surface area (Å²) >= 11 is 7.36. The Balaban J connectivity index is 1.60. The van der Waals surface area contributed by atoms with E-state index in [-0.39, 0.29) is 11.2 Å². The van der Waals surface area contributed by atoms with Gasteiger partial charge in [-0.15, -0.1) is 0 Å². The van der Waals surface area contributed by atoms with Crippen LogP contribution < -0.4 is 5.32 Å². The van der Waals surface area contributed by atoms with Gasteiger partial charge in [-0.1, -0.05) is 53.7 Å². The summed E-state index contributed by atoms with van der Waals surface area (Å²) in [6.07, 6.45) is 0. The molecule has 1 atom stereocenters. The van der Waals surface area contributed by atoms with Crippen LogP contribution in [0, 0.1) is 0 Å². The zero-order valence-corrected chi connectivity index (χ0v) is 14.1. The second-order valence-electron chi connectivity index (χ2n) is 5.17. The van der Waals surface area contributed by atoms with E-state index in [4.69, 9.17) is 11.6 Å². The third-order valence-electron chi connectivity index (χ3n) is 3.39. The number of thioether (sulfide) groups is 1. The van der Waals surface area contributed by atoms with Gasteiger partial charge in [0.25, 0.3) is 0 Å². The zero-order chi connectivity index (χ0) is 16.2. The molecule has 0 radical (unpaired) electrons. The van der Waals surface area contributed by atoms with Gasteiger partial charge in [-0.05, 0) is 30.7 Å². The number of benzene rings is 2. The van der Waals surface area contributed by atoms with E-state index >= 15 is 0 Å². The number of nitrogens with one attached hydrogen (secondary N) is 2. The number of rotatable bonds is 5. The van der Waals surface area contributed by atoms with Crippen molar-refractivity contribution in [2.24, 2.45) is 0 Å². The van der Waals surface area contributed by atoms with E-state index in [0.717, 1.165) is 16.6 Å². The lowest BCUT2D eigenvalue weighted by molar-refractivity contribution is -0.120. The number of halogens is 1. The first kappa shape index (κ1) is 15.9. The Morgan fingerprint density at radius 1 is 1.30 bits per heavy atom. The molecule has 0 aliphatic rings. The van der Waals surface area contributed by atoms with E-state index in [9.17, 15) is 4.79 Å². The van der Waals surface area contributed by atoms with Crippen LogP contribution in [0.4, 0.5) is 0 Å². The highest BCUT2D eigenvalue weighted by Crippen LogP contribution is 2.25. The van der Waals surface area contributed by atoms with Gasteiger partial charge in [0.05, 0.1) is 16.3 Å². The lowest BCUT2D eigenvalue weighted by Gasteiger charge is -2.10. The Morgan fingerprint density at radius 3 is 2.87 bits per heavy atom. The number of aromatic nitrogens is 2. The smallest absolute Gasteiger partial charge is 0.233 e. The highest BCUT2D eigenvalue weighted by Gasteiger charge is 2.16. The van der Waals surface area contributed by atoms with Crippen molar-refractivity contribution < 1.29 is 4.79 Å². The van der Waals surface area contributed by atoms with Crippen LogP contribution in [0.5, 0.6) is 0 Å². The van der Waals surface area contributed by atoms with Crippen LogP contribution in [0.3, 0.4) is 0 Å². The molecular formula is C17H16ClN3OS. The molecule has 0 fully saturated rings. The van der Waals surface area contributed by atoms with E-state index in [0.29, 0.717) is 16.7 Å². The first-order chi connectivity index (χ1) is 11.1. The second kappa shape index (κ2) is 7.06. The molecule has 0 saturated heterocycles. The molecular weight excluding hydrogens is 330 g/mol. The number of imidazole rings is 1. The predicted octanol–water partition coefficient (Wildman–Crippen LogP) is 4.01. The van der Waals surface area contributed by atoms with E-state index in [1.54, 1.807) is 6.07 Å². The van der Waals surface area contributed by atoms with Crippen LogP contribution in [0.1, 0.15) is 12.5 Å². The van der Waals surface area contributed by atoms with Crippen molar-refractivity contribution in [1.29, 1.82) is 0 Å². The maximum atomic E-state index is 12.2. The Hall–Kier alpha value is -1.98.